The van der Waals surface area contributed by atoms with Gasteiger partial charge in [0.25, 0.3) is 0 Å². The number of aromatic amines is 1. The molecule has 3 atom stereocenters. The number of fused-ring (bicyclic) bond motifs is 1. The quantitative estimate of drug-likeness (QED) is 0.297. The molecule has 0 aliphatic carbocycles. The van der Waals surface area contributed by atoms with Gasteiger partial charge in [-0.25, -0.2) is 4.79 Å². The second kappa shape index (κ2) is 11.5. The van der Waals surface area contributed by atoms with Crippen LogP contribution in [0, 0.1) is 5.92 Å². The van der Waals surface area contributed by atoms with E-state index in [1.807, 2.05) is 68.4 Å². The van der Waals surface area contributed by atoms with Crippen molar-refractivity contribution < 1.29 is 19.5 Å². The number of hydrogen-bond donors (Lipinski definition) is 5. The van der Waals surface area contributed by atoms with Crippen LogP contribution in [0.25, 0.3) is 10.9 Å². The molecule has 0 saturated heterocycles. The van der Waals surface area contributed by atoms with Crippen molar-refractivity contribution in [3.63, 3.8) is 0 Å². The van der Waals surface area contributed by atoms with Crippen molar-refractivity contribution >= 4 is 28.7 Å². The fraction of sp³-hybridized carbons (Fsp3) is 0.346. The number of amides is 2. The molecule has 2 aromatic carbocycles. The van der Waals surface area contributed by atoms with Crippen LogP contribution in [0.3, 0.4) is 0 Å². The molecule has 0 bridgehead atoms. The van der Waals surface area contributed by atoms with Crippen LogP contribution in [0.2, 0.25) is 0 Å². The van der Waals surface area contributed by atoms with E-state index >= 15 is 0 Å². The normalized spacial score (nSPS) is 13.9. The number of carboxylic acid groups (broad SMARTS) is 1. The van der Waals surface area contributed by atoms with Crippen LogP contribution in [0.15, 0.2) is 60.8 Å². The van der Waals surface area contributed by atoms with Gasteiger partial charge in [0.1, 0.15) is 12.1 Å². The summed E-state index contributed by atoms with van der Waals surface area (Å²) in [5, 5.41) is 16.0. The lowest BCUT2D eigenvalue weighted by atomic mass is 10.00. The summed E-state index contributed by atoms with van der Waals surface area (Å²) in [6.07, 6.45) is 2.56. The Labute approximate surface area is 198 Å². The van der Waals surface area contributed by atoms with Gasteiger partial charge in [-0.05, 0) is 36.0 Å². The molecule has 0 fully saturated rings. The Hall–Kier alpha value is -3.65. The Kier molecular flexibility index (Phi) is 8.43. The third-order valence-corrected chi connectivity index (χ3v) is 5.69. The highest BCUT2D eigenvalue weighted by Crippen LogP contribution is 2.19. The molecule has 0 spiro atoms. The van der Waals surface area contributed by atoms with E-state index in [4.69, 9.17) is 5.73 Å². The number of rotatable bonds is 11. The fourth-order valence-electron chi connectivity index (χ4n) is 3.94. The summed E-state index contributed by atoms with van der Waals surface area (Å²) in [5.41, 5.74) is 8.68. The minimum atomic E-state index is -1.14. The van der Waals surface area contributed by atoms with Crippen molar-refractivity contribution in [1.29, 1.82) is 0 Å². The van der Waals surface area contributed by atoms with E-state index in [1.165, 1.54) is 0 Å². The smallest absolute Gasteiger partial charge is 0.326 e. The first-order valence-corrected chi connectivity index (χ1v) is 11.4. The van der Waals surface area contributed by atoms with E-state index in [2.05, 4.69) is 15.6 Å². The molecule has 8 heteroatoms. The van der Waals surface area contributed by atoms with Gasteiger partial charge in [0.2, 0.25) is 11.8 Å². The molecular formula is C26H32N4O4. The second-order valence-corrected chi connectivity index (χ2v) is 8.95. The molecule has 0 saturated carbocycles. The van der Waals surface area contributed by atoms with Gasteiger partial charge in [0, 0.05) is 23.5 Å². The number of nitrogens with one attached hydrogen (secondary N) is 3. The Morgan fingerprint density at radius 2 is 1.56 bits per heavy atom. The summed E-state index contributed by atoms with van der Waals surface area (Å²) in [7, 11) is 0. The van der Waals surface area contributed by atoms with E-state index in [0.29, 0.717) is 12.8 Å². The summed E-state index contributed by atoms with van der Waals surface area (Å²) in [4.78, 5) is 40.9. The Balaban J connectivity index is 1.68. The number of nitrogens with two attached hydrogens (primary N) is 1. The summed E-state index contributed by atoms with van der Waals surface area (Å²) < 4.78 is 0. The number of H-pyrrole nitrogens is 1. The summed E-state index contributed by atoms with van der Waals surface area (Å²) in [5.74, 6) is -2.04. The van der Waals surface area contributed by atoms with E-state index in [0.717, 1.165) is 22.0 Å². The Morgan fingerprint density at radius 1 is 0.912 bits per heavy atom. The van der Waals surface area contributed by atoms with E-state index < -0.39 is 35.9 Å². The van der Waals surface area contributed by atoms with Crippen LogP contribution in [0.5, 0.6) is 0 Å². The first-order chi connectivity index (χ1) is 16.2. The molecule has 8 nitrogen and oxygen atoms in total. The van der Waals surface area contributed by atoms with Crippen molar-refractivity contribution in [2.75, 3.05) is 0 Å². The van der Waals surface area contributed by atoms with Crippen LogP contribution in [0.4, 0.5) is 0 Å². The molecule has 0 aliphatic heterocycles. The van der Waals surface area contributed by atoms with Crippen LogP contribution >= 0.6 is 0 Å². The highest BCUT2D eigenvalue weighted by molar-refractivity contribution is 5.92. The lowest BCUT2D eigenvalue weighted by Crippen LogP contribution is -2.55. The standard InChI is InChI=1S/C26H32N4O4/c1-16(2)12-22(29-24(31)20(27)13-17-8-4-3-5-9-17)25(32)30-23(26(33)34)14-18-15-28-21-11-7-6-10-19(18)21/h3-11,15-16,20,22-23,28H,12-14,27H2,1-2H3,(H,29,31)(H,30,32)(H,33,34)/t20-,22+,23-/m1/s1. The molecule has 0 aliphatic rings. The Morgan fingerprint density at radius 3 is 2.24 bits per heavy atom. The molecular weight excluding hydrogens is 432 g/mol. The molecule has 180 valence electrons. The van der Waals surface area contributed by atoms with Gasteiger partial charge in [-0.15, -0.1) is 0 Å². The lowest BCUT2D eigenvalue weighted by Gasteiger charge is -2.24. The van der Waals surface area contributed by atoms with Gasteiger partial charge >= 0.3 is 5.97 Å². The van der Waals surface area contributed by atoms with E-state index in [-0.39, 0.29) is 12.3 Å². The van der Waals surface area contributed by atoms with Crippen LogP contribution in [-0.2, 0) is 27.2 Å². The number of aromatic nitrogens is 1. The molecule has 6 N–H and O–H groups in total. The Bertz CT molecular complexity index is 1130. The molecule has 0 unspecified atom stereocenters. The maximum Gasteiger partial charge on any atom is 0.326 e. The van der Waals surface area contributed by atoms with Crippen LogP contribution in [-0.4, -0.2) is 46.0 Å². The average Bonchev–Trinajstić information content (AvgIpc) is 3.21. The summed E-state index contributed by atoms with van der Waals surface area (Å²) in [6, 6.07) is 14.1. The SMILES string of the molecule is CC(C)C[C@H](NC(=O)[C@H](N)Cc1ccccc1)C(=O)N[C@H](Cc1c[nH]c2ccccc12)C(=O)O. The van der Waals surface area contributed by atoms with Crippen LogP contribution < -0.4 is 16.4 Å². The van der Waals surface area contributed by atoms with Gasteiger partial charge in [-0.3, -0.25) is 9.59 Å². The predicted octanol–water partition coefficient (Wildman–Crippen LogP) is 2.38. The minimum absolute atomic E-state index is 0.0956. The molecule has 1 heterocycles. The highest BCUT2D eigenvalue weighted by Gasteiger charge is 2.29. The summed E-state index contributed by atoms with van der Waals surface area (Å²) in [6.45, 7) is 3.86. The molecule has 3 rings (SSSR count). The van der Waals surface area contributed by atoms with Crippen molar-refractivity contribution in [1.82, 2.24) is 15.6 Å². The molecule has 0 radical (unpaired) electrons. The number of carbonyl (C=O) groups is 3. The zero-order valence-electron chi connectivity index (χ0n) is 19.5. The highest BCUT2D eigenvalue weighted by atomic mass is 16.4. The lowest BCUT2D eigenvalue weighted by molar-refractivity contribution is -0.142. The van der Waals surface area contributed by atoms with Crippen molar-refractivity contribution in [2.45, 2.75) is 51.2 Å². The third kappa shape index (κ3) is 6.68. The number of carboxylic acids is 1. The molecule has 1 aromatic heterocycles. The topological polar surface area (TPSA) is 137 Å². The minimum Gasteiger partial charge on any atom is -0.480 e. The average molecular weight is 465 g/mol. The maximum atomic E-state index is 13.1. The first kappa shape index (κ1) is 25.0. The largest absolute Gasteiger partial charge is 0.480 e. The van der Waals surface area contributed by atoms with E-state index in [1.54, 1.807) is 6.20 Å². The fourth-order valence-corrected chi connectivity index (χ4v) is 3.94. The predicted molar refractivity (Wildman–Crippen MR) is 131 cm³/mol. The first-order valence-electron chi connectivity index (χ1n) is 11.4. The molecule has 2 amide bonds. The molecule has 3 aromatic rings. The number of aliphatic carboxylic acids is 1. The van der Waals surface area contributed by atoms with Gasteiger partial charge < -0.3 is 26.5 Å². The number of hydrogen-bond acceptors (Lipinski definition) is 4. The van der Waals surface area contributed by atoms with Gasteiger partial charge in [-0.1, -0.05) is 62.4 Å². The third-order valence-electron chi connectivity index (χ3n) is 5.69. The van der Waals surface area contributed by atoms with Crippen molar-refractivity contribution in [3.05, 3.63) is 71.9 Å². The van der Waals surface area contributed by atoms with Crippen LogP contribution in [0.1, 0.15) is 31.4 Å². The monoisotopic (exact) mass is 464 g/mol. The van der Waals surface area contributed by atoms with E-state index in [9.17, 15) is 19.5 Å². The van der Waals surface area contributed by atoms with Gasteiger partial charge in [-0.2, -0.15) is 0 Å². The number of benzene rings is 2. The zero-order chi connectivity index (χ0) is 24.7. The number of para-hydroxylation sites is 1. The second-order valence-electron chi connectivity index (χ2n) is 8.95. The van der Waals surface area contributed by atoms with Crippen molar-refractivity contribution in [2.24, 2.45) is 11.7 Å². The van der Waals surface area contributed by atoms with Crippen molar-refractivity contribution in [3.8, 4) is 0 Å². The van der Waals surface area contributed by atoms with Gasteiger partial charge in [0.15, 0.2) is 0 Å². The summed E-state index contributed by atoms with van der Waals surface area (Å²) >= 11 is 0. The molecule has 34 heavy (non-hydrogen) atoms. The van der Waals surface area contributed by atoms with Gasteiger partial charge in [0.05, 0.1) is 6.04 Å². The maximum absolute atomic E-state index is 13.1. The number of carbonyl (C=O) groups excluding carboxylic acids is 2. The zero-order valence-corrected chi connectivity index (χ0v) is 19.5.